The monoisotopic (exact) mass is 221 g/mol. The van der Waals surface area contributed by atoms with Gasteiger partial charge in [-0.05, 0) is 12.1 Å². The Kier molecular flexibility index (Phi) is 2.93. The molecule has 1 aromatic rings. The number of rotatable bonds is 1. The molecular weight excluding hydrogens is 217 g/mol. The van der Waals surface area contributed by atoms with E-state index in [2.05, 4.69) is 4.85 Å². The molecule has 0 aromatic heterocycles. The minimum atomic E-state index is -4.93. The van der Waals surface area contributed by atoms with Crippen LogP contribution in [0.4, 0.5) is 22.0 Å². The van der Waals surface area contributed by atoms with Gasteiger partial charge in [0.15, 0.2) is 11.6 Å². The van der Waals surface area contributed by atoms with E-state index in [0.29, 0.717) is 6.07 Å². The van der Waals surface area contributed by atoms with Gasteiger partial charge in [0.05, 0.1) is 11.1 Å². The van der Waals surface area contributed by atoms with Crippen LogP contribution in [0.1, 0.15) is 11.1 Å². The zero-order chi connectivity index (χ0) is 11.6. The molecule has 0 N–H and O–H groups in total. The van der Waals surface area contributed by atoms with Crippen molar-refractivity contribution in [2.75, 3.05) is 0 Å². The van der Waals surface area contributed by atoms with E-state index in [0.717, 1.165) is 6.07 Å². The van der Waals surface area contributed by atoms with Crippen molar-refractivity contribution >= 4 is 0 Å². The van der Waals surface area contributed by atoms with E-state index < -0.39 is 29.9 Å². The Bertz CT molecular complexity index is 416. The fourth-order valence-corrected chi connectivity index (χ4v) is 1.02. The Hall–Kier alpha value is -1.64. The third-order valence-corrected chi connectivity index (χ3v) is 1.72. The summed E-state index contributed by atoms with van der Waals surface area (Å²) in [4.78, 5) is 2.76. The van der Waals surface area contributed by atoms with Gasteiger partial charge in [0, 0.05) is 0 Å². The predicted octanol–water partition coefficient (Wildman–Crippen LogP) is 3.40. The van der Waals surface area contributed by atoms with E-state index in [-0.39, 0.29) is 5.56 Å². The van der Waals surface area contributed by atoms with Crippen LogP contribution in [-0.2, 0) is 12.7 Å². The van der Waals surface area contributed by atoms with Crippen molar-refractivity contribution in [2.45, 2.75) is 12.7 Å². The predicted molar refractivity (Wildman–Crippen MR) is 41.7 cm³/mol. The molecule has 0 aliphatic heterocycles. The van der Waals surface area contributed by atoms with Gasteiger partial charge in [0.1, 0.15) is 0 Å². The molecule has 0 aliphatic rings. The summed E-state index contributed by atoms with van der Waals surface area (Å²) in [5, 5.41) is 0. The Morgan fingerprint density at radius 3 is 2.20 bits per heavy atom. The summed E-state index contributed by atoms with van der Waals surface area (Å²) in [6.07, 6.45) is -4.93. The molecule has 0 bridgehead atoms. The Morgan fingerprint density at radius 2 is 1.73 bits per heavy atom. The van der Waals surface area contributed by atoms with Gasteiger partial charge in [0.25, 0.3) is 0 Å². The maximum Gasteiger partial charge on any atom is 0.419 e. The number of alkyl halides is 3. The van der Waals surface area contributed by atoms with Crippen LogP contribution in [0.15, 0.2) is 12.1 Å². The fourth-order valence-electron chi connectivity index (χ4n) is 1.02. The first kappa shape index (κ1) is 11.4. The summed E-state index contributed by atoms with van der Waals surface area (Å²) in [7, 11) is 0. The van der Waals surface area contributed by atoms with Gasteiger partial charge in [-0.15, -0.1) is 0 Å². The first-order valence-electron chi connectivity index (χ1n) is 3.75. The number of benzene rings is 1. The minimum Gasteiger partial charge on any atom is -0.312 e. The lowest BCUT2D eigenvalue weighted by Gasteiger charge is -2.08. The van der Waals surface area contributed by atoms with Crippen molar-refractivity contribution in [1.29, 1.82) is 0 Å². The van der Waals surface area contributed by atoms with Crippen LogP contribution in [0.25, 0.3) is 4.85 Å². The highest BCUT2D eigenvalue weighted by Crippen LogP contribution is 2.33. The standard InChI is InChI=1S/C9H4F5N/c1-15-4-5-2-3-6(9(12,13)14)8(11)7(5)10/h2-3H,4H2. The summed E-state index contributed by atoms with van der Waals surface area (Å²) >= 11 is 0. The van der Waals surface area contributed by atoms with Gasteiger partial charge in [-0.2, -0.15) is 13.2 Å². The maximum atomic E-state index is 13.0. The molecule has 0 spiro atoms. The van der Waals surface area contributed by atoms with Crippen molar-refractivity contribution < 1.29 is 22.0 Å². The fraction of sp³-hybridized carbons (Fsp3) is 0.222. The smallest absolute Gasteiger partial charge is 0.312 e. The zero-order valence-electron chi connectivity index (χ0n) is 7.20. The Balaban J connectivity index is 3.29. The van der Waals surface area contributed by atoms with Crippen LogP contribution in [0.3, 0.4) is 0 Å². The van der Waals surface area contributed by atoms with E-state index >= 15 is 0 Å². The molecule has 6 heteroatoms. The molecule has 0 saturated heterocycles. The maximum absolute atomic E-state index is 13.0. The highest BCUT2D eigenvalue weighted by molar-refractivity contribution is 5.28. The average Bonchev–Trinajstić information content (AvgIpc) is 2.11. The van der Waals surface area contributed by atoms with Gasteiger partial charge in [-0.25, -0.2) is 15.4 Å². The quantitative estimate of drug-likeness (QED) is 0.505. The lowest BCUT2D eigenvalue weighted by molar-refractivity contribution is -0.140. The molecular formula is C9H4F5N. The van der Waals surface area contributed by atoms with Crippen molar-refractivity contribution in [3.8, 4) is 0 Å². The van der Waals surface area contributed by atoms with E-state index in [9.17, 15) is 22.0 Å². The topological polar surface area (TPSA) is 4.36 Å². The van der Waals surface area contributed by atoms with Gasteiger partial charge in [-0.3, -0.25) is 0 Å². The average molecular weight is 221 g/mol. The summed E-state index contributed by atoms with van der Waals surface area (Å²) in [5.74, 6) is -3.57. The third-order valence-electron chi connectivity index (χ3n) is 1.72. The molecule has 80 valence electrons. The second-order valence-corrected chi connectivity index (χ2v) is 2.71. The molecule has 0 aliphatic carbocycles. The zero-order valence-corrected chi connectivity index (χ0v) is 7.20. The Morgan fingerprint density at radius 1 is 1.13 bits per heavy atom. The normalized spacial score (nSPS) is 11.2. The van der Waals surface area contributed by atoms with Gasteiger partial charge < -0.3 is 4.85 Å². The van der Waals surface area contributed by atoms with Gasteiger partial charge in [-0.1, -0.05) is 0 Å². The molecule has 1 rings (SSSR count). The second-order valence-electron chi connectivity index (χ2n) is 2.71. The van der Waals surface area contributed by atoms with Crippen LogP contribution in [0.5, 0.6) is 0 Å². The third kappa shape index (κ3) is 2.24. The molecule has 0 fully saturated rings. The number of nitrogens with zero attached hydrogens (tertiary/aromatic N) is 1. The molecule has 0 saturated carbocycles. The van der Waals surface area contributed by atoms with E-state index in [4.69, 9.17) is 6.57 Å². The van der Waals surface area contributed by atoms with Crippen LogP contribution < -0.4 is 0 Å². The van der Waals surface area contributed by atoms with Crippen molar-refractivity contribution in [3.05, 3.63) is 46.3 Å². The van der Waals surface area contributed by atoms with Crippen molar-refractivity contribution in [1.82, 2.24) is 0 Å². The molecule has 15 heavy (non-hydrogen) atoms. The largest absolute Gasteiger partial charge is 0.419 e. The van der Waals surface area contributed by atoms with Crippen LogP contribution in [-0.4, -0.2) is 0 Å². The second kappa shape index (κ2) is 3.85. The van der Waals surface area contributed by atoms with Crippen LogP contribution in [0.2, 0.25) is 0 Å². The molecule has 0 heterocycles. The molecule has 0 amide bonds. The highest BCUT2D eigenvalue weighted by Gasteiger charge is 2.36. The SMILES string of the molecule is [C-]#[N+]Cc1ccc(C(F)(F)F)c(F)c1F. The van der Waals surface area contributed by atoms with E-state index in [1.54, 1.807) is 0 Å². The molecule has 0 radical (unpaired) electrons. The Labute approximate surface area is 82.0 Å². The first-order chi connectivity index (χ1) is 6.88. The van der Waals surface area contributed by atoms with Gasteiger partial charge >= 0.3 is 6.18 Å². The van der Waals surface area contributed by atoms with Crippen molar-refractivity contribution in [2.24, 2.45) is 0 Å². The van der Waals surface area contributed by atoms with Crippen molar-refractivity contribution in [3.63, 3.8) is 0 Å². The van der Waals surface area contributed by atoms with Gasteiger partial charge in [0.2, 0.25) is 6.54 Å². The van der Waals surface area contributed by atoms with Crippen LogP contribution in [0, 0.1) is 18.2 Å². The molecule has 1 aromatic carbocycles. The number of hydrogen-bond donors (Lipinski definition) is 0. The lowest BCUT2D eigenvalue weighted by atomic mass is 10.1. The highest BCUT2D eigenvalue weighted by atomic mass is 19.4. The van der Waals surface area contributed by atoms with E-state index in [1.807, 2.05) is 0 Å². The number of halogens is 5. The minimum absolute atomic E-state index is 0.379. The summed E-state index contributed by atoms with van der Waals surface area (Å²) in [5.41, 5.74) is -2.04. The number of hydrogen-bond acceptors (Lipinski definition) is 0. The molecule has 0 unspecified atom stereocenters. The molecule has 0 atom stereocenters. The van der Waals surface area contributed by atoms with E-state index in [1.165, 1.54) is 0 Å². The summed E-state index contributed by atoms with van der Waals surface area (Å²) in [6, 6.07) is 1.19. The summed E-state index contributed by atoms with van der Waals surface area (Å²) < 4.78 is 62.1. The lowest BCUT2D eigenvalue weighted by Crippen LogP contribution is -2.10. The van der Waals surface area contributed by atoms with Crippen LogP contribution >= 0.6 is 0 Å². The summed E-state index contributed by atoms with van der Waals surface area (Å²) in [6.45, 7) is 5.91. The molecule has 1 nitrogen and oxygen atoms in total. The first-order valence-corrected chi connectivity index (χ1v) is 3.75.